The van der Waals surface area contributed by atoms with Crippen LogP contribution in [0.5, 0.6) is 0 Å². The highest BCUT2D eigenvalue weighted by Gasteiger charge is 2.53. The van der Waals surface area contributed by atoms with Crippen molar-refractivity contribution in [3.05, 3.63) is 263 Å². The van der Waals surface area contributed by atoms with Crippen molar-refractivity contribution in [3.63, 3.8) is 0 Å². The number of nitrogens with one attached hydrogen (secondary N) is 1. The Morgan fingerprint density at radius 3 is 1.91 bits per heavy atom. The molecular weight excluding hydrogens is 785 g/mol. The Labute approximate surface area is 392 Å². The van der Waals surface area contributed by atoms with Gasteiger partial charge in [-0.05, 0) is 131 Å². The van der Waals surface area contributed by atoms with E-state index in [1.165, 1.54) is 65.3 Å². The largest absolute Gasteiger partial charge is 0.388 e. The Morgan fingerprint density at radius 2 is 1.25 bits per heavy atom. The second-order valence-electron chi connectivity index (χ2n) is 16.5. The first-order chi connectivity index (χ1) is 32.0. The monoisotopic (exact) mass is 857 g/mol. The lowest BCUT2D eigenvalue weighted by molar-refractivity contribution is 0.637. The maximum atomic E-state index is 4.50. The fourth-order valence-corrected chi connectivity index (χ4v) is 9.58. The summed E-state index contributed by atoms with van der Waals surface area (Å²) >= 11 is 0. The van der Waals surface area contributed by atoms with Crippen LogP contribution in [0.1, 0.15) is 95.4 Å². The van der Waals surface area contributed by atoms with E-state index < -0.39 is 0 Å². The smallest absolute Gasteiger partial charge is 0.0684 e. The van der Waals surface area contributed by atoms with Gasteiger partial charge in [0.25, 0.3) is 0 Å². The molecule has 65 heavy (non-hydrogen) atoms. The van der Waals surface area contributed by atoms with Crippen LogP contribution < -0.4 is 11.1 Å². The van der Waals surface area contributed by atoms with E-state index in [9.17, 15) is 0 Å². The van der Waals surface area contributed by atoms with Gasteiger partial charge in [0.15, 0.2) is 0 Å². The van der Waals surface area contributed by atoms with E-state index in [1.807, 2.05) is 82.5 Å². The molecule has 1 unspecified atom stereocenters. The van der Waals surface area contributed by atoms with Gasteiger partial charge < -0.3 is 11.1 Å². The molecule has 1 atom stereocenters. The second kappa shape index (κ2) is 25.1. The van der Waals surface area contributed by atoms with Gasteiger partial charge in [-0.2, -0.15) is 0 Å². The SMILES string of the molecule is C1=CCC2=C(C=C1)C1=C(C=CCC1)C21C2=C(CC=C2)c2ccccc21.C1=CCCC=C1.C=C/C=C\C=C/C.CC.CC1(C)c2cccc(c2)-c2ccccc21.CN.CNc1ccccc1. The molecular formula is C63H72N2. The molecule has 2 nitrogen and oxygen atoms in total. The normalized spacial score (nSPS) is 18.6. The van der Waals surface area contributed by atoms with Crippen molar-refractivity contribution in [2.75, 3.05) is 19.4 Å². The van der Waals surface area contributed by atoms with Crippen LogP contribution in [0.2, 0.25) is 0 Å². The van der Waals surface area contributed by atoms with Crippen LogP contribution in [0.25, 0.3) is 16.7 Å². The lowest BCUT2D eigenvalue weighted by Crippen LogP contribution is -2.29. The van der Waals surface area contributed by atoms with Crippen LogP contribution in [0.4, 0.5) is 5.69 Å². The molecule has 11 rings (SSSR count). The first-order valence-corrected chi connectivity index (χ1v) is 23.7. The van der Waals surface area contributed by atoms with Gasteiger partial charge in [0, 0.05) is 18.2 Å². The predicted octanol–water partition coefficient (Wildman–Crippen LogP) is 16.6. The highest BCUT2D eigenvalue weighted by Crippen LogP contribution is 2.64. The summed E-state index contributed by atoms with van der Waals surface area (Å²) in [4.78, 5) is 0. The number of para-hydroxylation sites is 1. The minimum Gasteiger partial charge on any atom is -0.388 e. The molecule has 1 spiro atoms. The lowest BCUT2D eigenvalue weighted by Gasteiger charge is -2.35. The van der Waals surface area contributed by atoms with Gasteiger partial charge in [0.1, 0.15) is 0 Å². The second-order valence-corrected chi connectivity index (χ2v) is 16.5. The molecule has 2 heteroatoms. The Balaban J connectivity index is 0.000000169. The van der Waals surface area contributed by atoms with Crippen LogP contribution in [0.3, 0.4) is 0 Å². The molecule has 0 saturated heterocycles. The van der Waals surface area contributed by atoms with E-state index in [1.54, 1.807) is 33.9 Å². The molecule has 0 fully saturated rings. The van der Waals surface area contributed by atoms with Gasteiger partial charge in [-0.25, -0.2) is 0 Å². The molecule has 0 radical (unpaired) electrons. The van der Waals surface area contributed by atoms with Crippen LogP contribution >= 0.6 is 0 Å². The fourth-order valence-electron chi connectivity index (χ4n) is 9.58. The van der Waals surface area contributed by atoms with Crippen molar-refractivity contribution in [1.82, 2.24) is 0 Å². The molecule has 4 aromatic carbocycles. The highest BCUT2D eigenvalue weighted by atomic mass is 14.8. The molecule has 0 saturated carbocycles. The van der Waals surface area contributed by atoms with E-state index in [4.69, 9.17) is 0 Å². The Bertz CT molecular complexity index is 2540. The summed E-state index contributed by atoms with van der Waals surface area (Å²) in [5, 5.41) is 3.03. The molecule has 7 aliphatic rings. The van der Waals surface area contributed by atoms with Crippen LogP contribution in [0.15, 0.2) is 241 Å². The Kier molecular flexibility index (Phi) is 19.1. The summed E-state index contributed by atoms with van der Waals surface area (Å²) in [5.74, 6) is 0. The third-order valence-electron chi connectivity index (χ3n) is 12.5. The minimum atomic E-state index is -0.0421. The van der Waals surface area contributed by atoms with E-state index in [0.29, 0.717) is 0 Å². The van der Waals surface area contributed by atoms with Gasteiger partial charge in [-0.1, -0.05) is 229 Å². The number of hydrogen-bond donors (Lipinski definition) is 2. The van der Waals surface area contributed by atoms with Crippen molar-refractivity contribution in [2.24, 2.45) is 5.73 Å². The maximum Gasteiger partial charge on any atom is 0.0684 e. The lowest BCUT2D eigenvalue weighted by atomic mass is 9.66. The van der Waals surface area contributed by atoms with Crippen molar-refractivity contribution >= 4 is 11.3 Å². The average Bonchev–Trinajstić information content (AvgIpc) is 3.98. The zero-order chi connectivity index (χ0) is 46.5. The van der Waals surface area contributed by atoms with Crippen molar-refractivity contribution in [3.8, 4) is 11.1 Å². The first-order valence-electron chi connectivity index (χ1n) is 23.7. The van der Waals surface area contributed by atoms with E-state index in [2.05, 4.69) is 177 Å². The number of allylic oxidation sites excluding steroid dienone is 23. The third kappa shape index (κ3) is 11.1. The van der Waals surface area contributed by atoms with Gasteiger partial charge in [-0.3, -0.25) is 0 Å². The molecule has 7 aliphatic carbocycles. The van der Waals surface area contributed by atoms with Crippen molar-refractivity contribution in [2.45, 2.75) is 84.0 Å². The minimum absolute atomic E-state index is 0.0421. The molecule has 0 heterocycles. The third-order valence-corrected chi connectivity index (χ3v) is 12.5. The molecule has 4 aromatic rings. The van der Waals surface area contributed by atoms with Gasteiger partial charge in [0.2, 0.25) is 0 Å². The standard InChI is InChI=1S/C25H20.C15H14.C7H9N.C7H10.C6H8.C2H6.CH5N/c1-2-9-17-18-10-4-6-14-22(18)25(21(17)13-3-1)23-15-7-5-11-19(23)20-12-8-16-24(20)25;1-15(2)12-7-5-6-11(10-12)13-8-3-4-9-14(13)15;1-8-7-5-3-2-4-6-7;1-3-5-7-6-4-2;1-2-4-6-5-3-1;2*1-2/h1-3,5-9,11,14-16H,4,10,12-13H2;3-10H,1-2H3;2-6,8H,1H3;3-7H,1H2,2H3;1-4H,5-6H2;1-2H3;2H2,1H3/b;;;6-4-,7-5-;;;. The zero-order valence-corrected chi connectivity index (χ0v) is 40.2. The number of benzene rings is 4. The number of anilines is 1. The summed E-state index contributed by atoms with van der Waals surface area (Å²) in [7, 11) is 3.41. The average molecular weight is 857 g/mol. The van der Waals surface area contributed by atoms with E-state index in [0.717, 1.165) is 24.9 Å². The van der Waals surface area contributed by atoms with Crippen LogP contribution in [-0.2, 0) is 10.8 Å². The fraction of sp³-hybridized carbons (Fsp3) is 0.238. The zero-order valence-electron chi connectivity index (χ0n) is 40.2. The number of fused-ring (bicyclic) bond motifs is 11. The van der Waals surface area contributed by atoms with Gasteiger partial charge in [0.05, 0.1) is 5.41 Å². The van der Waals surface area contributed by atoms with Crippen LogP contribution in [0, 0.1) is 0 Å². The molecule has 0 aromatic heterocycles. The summed E-state index contributed by atoms with van der Waals surface area (Å²) in [6, 6.07) is 36.8. The molecule has 0 amide bonds. The van der Waals surface area contributed by atoms with Gasteiger partial charge in [-0.15, -0.1) is 0 Å². The van der Waals surface area contributed by atoms with E-state index in [-0.39, 0.29) is 10.8 Å². The first kappa shape index (κ1) is 49.5. The number of rotatable bonds is 3. The van der Waals surface area contributed by atoms with Crippen molar-refractivity contribution < 1.29 is 0 Å². The molecule has 3 N–H and O–H groups in total. The maximum absolute atomic E-state index is 4.50. The quantitative estimate of drug-likeness (QED) is 0.202. The summed E-state index contributed by atoms with van der Waals surface area (Å²) in [6.45, 7) is 14.1. The summed E-state index contributed by atoms with van der Waals surface area (Å²) < 4.78 is 0. The number of nitrogens with two attached hydrogens (primary N) is 1. The Hall–Kier alpha value is -6.48. The van der Waals surface area contributed by atoms with Gasteiger partial charge >= 0.3 is 0 Å². The molecule has 2 bridgehead atoms. The highest BCUT2D eigenvalue weighted by molar-refractivity contribution is 5.92. The number of hydrogen-bond acceptors (Lipinski definition) is 2. The molecule has 0 aliphatic heterocycles. The summed E-state index contributed by atoms with van der Waals surface area (Å²) in [6.07, 6.45) is 43.7. The predicted molar refractivity (Wildman–Crippen MR) is 287 cm³/mol. The topological polar surface area (TPSA) is 38.0 Å². The summed E-state index contributed by atoms with van der Waals surface area (Å²) in [5.41, 5.74) is 23.7. The van der Waals surface area contributed by atoms with E-state index >= 15 is 0 Å². The Morgan fingerprint density at radius 1 is 0.600 bits per heavy atom. The van der Waals surface area contributed by atoms with Crippen LogP contribution in [-0.4, -0.2) is 14.1 Å². The van der Waals surface area contributed by atoms with Crippen molar-refractivity contribution in [1.29, 1.82) is 0 Å². The molecule has 334 valence electrons.